The first-order valence-corrected chi connectivity index (χ1v) is 6.26. The zero-order chi connectivity index (χ0) is 16.2. The number of alkyl carbamates (subject to hydrolysis) is 1. The predicted octanol–water partition coefficient (Wildman–Crippen LogP) is 0.897. The fraction of sp³-hybridized carbons (Fsp3) is 0.538. The Balaban J connectivity index is 2.52. The standard InChI is InChI=1S/C13H19NO7/c1-13(2,3)21-12(19)14-6-7(15)10(16)8-4-5-9(20-8)11(17)18/h4-5,7,10,15-16H,6H2,1-3H3,(H,14,19)(H,17,18). The minimum atomic E-state index is -1.46. The molecule has 21 heavy (non-hydrogen) atoms. The molecular formula is C13H19NO7. The second kappa shape index (κ2) is 6.59. The summed E-state index contributed by atoms with van der Waals surface area (Å²) in [6.07, 6.45) is -3.57. The van der Waals surface area contributed by atoms with Crippen LogP contribution >= 0.6 is 0 Å². The van der Waals surface area contributed by atoms with Gasteiger partial charge in [-0.1, -0.05) is 0 Å². The summed E-state index contributed by atoms with van der Waals surface area (Å²) >= 11 is 0. The molecule has 8 heteroatoms. The van der Waals surface area contributed by atoms with Crippen molar-refractivity contribution in [2.24, 2.45) is 0 Å². The molecule has 0 saturated carbocycles. The quantitative estimate of drug-likeness (QED) is 0.635. The van der Waals surface area contributed by atoms with E-state index >= 15 is 0 Å². The van der Waals surface area contributed by atoms with Crippen molar-refractivity contribution >= 4 is 12.1 Å². The Bertz CT molecular complexity index is 503. The van der Waals surface area contributed by atoms with Gasteiger partial charge in [-0.15, -0.1) is 0 Å². The van der Waals surface area contributed by atoms with Crippen LogP contribution in [0.2, 0.25) is 0 Å². The van der Waals surface area contributed by atoms with Crippen molar-refractivity contribution in [2.75, 3.05) is 6.54 Å². The third-order valence-corrected chi connectivity index (χ3v) is 2.35. The van der Waals surface area contributed by atoms with Crippen molar-refractivity contribution in [1.82, 2.24) is 5.32 Å². The molecule has 0 saturated heterocycles. The summed E-state index contributed by atoms with van der Waals surface area (Å²) in [6.45, 7) is 4.79. The number of carbonyl (C=O) groups is 2. The molecule has 2 unspecified atom stereocenters. The summed E-state index contributed by atoms with van der Waals surface area (Å²) < 4.78 is 9.83. The van der Waals surface area contributed by atoms with E-state index in [0.717, 1.165) is 6.07 Å². The van der Waals surface area contributed by atoms with Crippen LogP contribution in [0.3, 0.4) is 0 Å². The number of amides is 1. The second-order valence-corrected chi connectivity index (χ2v) is 5.40. The molecule has 4 N–H and O–H groups in total. The highest BCUT2D eigenvalue weighted by molar-refractivity contribution is 5.84. The van der Waals surface area contributed by atoms with E-state index in [1.54, 1.807) is 20.8 Å². The molecule has 0 aliphatic carbocycles. The van der Waals surface area contributed by atoms with Gasteiger partial charge >= 0.3 is 12.1 Å². The van der Waals surface area contributed by atoms with Crippen LogP contribution < -0.4 is 5.32 Å². The molecule has 0 fully saturated rings. The number of rotatable bonds is 5. The highest BCUT2D eigenvalue weighted by atomic mass is 16.6. The summed E-state index contributed by atoms with van der Waals surface area (Å²) in [5.41, 5.74) is -0.676. The molecule has 0 spiro atoms. The number of aliphatic hydroxyl groups excluding tert-OH is 2. The van der Waals surface area contributed by atoms with Gasteiger partial charge in [0.25, 0.3) is 0 Å². The SMILES string of the molecule is CC(C)(C)OC(=O)NCC(O)C(O)c1ccc(C(=O)O)o1. The molecule has 0 aliphatic heterocycles. The molecule has 1 amide bonds. The minimum Gasteiger partial charge on any atom is -0.475 e. The van der Waals surface area contributed by atoms with E-state index in [9.17, 15) is 19.8 Å². The number of hydrogen-bond acceptors (Lipinski definition) is 6. The fourth-order valence-corrected chi connectivity index (χ4v) is 1.43. The first kappa shape index (κ1) is 17.0. The van der Waals surface area contributed by atoms with Gasteiger partial charge in [0.15, 0.2) is 0 Å². The monoisotopic (exact) mass is 301 g/mol. The number of aliphatic hydroxyl groups is 2. The van der Waals surface area contributed by atoms with Crippen LogP contribution in [0, 0.1) is 0 Å². The number of carbonyl (C=O) groups excluding carboxylic acids is 1. The summed E-state index contributed by atoms with van der Waals surface area (Å²) in [4.78, 5) is 22.0. The summed E-state index contributed by atoms with van der Waals surface area (Å²) in [5.74, 6) is -1.74. The summed E-state index contributed by atoms with van der Waals surface area (Å²) in [5, 5.41) is 30.5. The number of carboxylic acids is 1. The molecule has 8 nitrogen and oxygen atoms in total. The van der Waals surface area contributed by atoms with E-state index in [4.69, 9.17) is 14.3 Å². The normalized spacial score (nSPS) is 14.3. The van der Waals surface area contributed by atoms with Crippen LogP contribution in [0.5, 0.6) is 0 Å². The Morgan fingerprint density at radius 1 is 1.33 bits per heavy atom. The van der Waals surface area contributed by atoms with Crippen LogP contribution in [0.4, 0.5) is 4.79 Å². The average molecular weight is 301 g/mol. The topological polar surface area (TPSA) is 129 Å². The van der Waals surface area contributed by atoms with Crippen LogP contribution in [0.1, 0.15) is 43.2 Å². The smallest absolute Gasteiger partial charge is 0.407 e. The Labute approximate surface area is 121 Å². The van der Waals surface area contributed by atoms with Crippen molar-refractivity contribution in [1.29, 1.82) is 0 Å². The van der Waals surface area contributed by atoms with E-state index in [0.29, 0.717) is 0 Å². The average Bonchev–Trinajstić information content (AvgIpc) is 2.82. The molecule has 1 aromatic rings. The number of aromatic carboxylic acids is 1. The molecular weight excluding hydrogens is 282 g/mol. The van der Waals surface area contributed by atoms with Gasteiger partial charge < -0.3 is 29.8 Å². The summed E-state index contributed by atoms with van der Waals surface area (Å²) in [6, 6.07) is 2.40. The van der Waals surface area contributed by atoms with Gasteiger partial charge in [0.2, 0.25) is 5.76 Å². The molecule has 118 valence electrons. The highest BCUT2D eigenvalue weighted by Crippen LogP contribution is 2.19. The molecule has 1 heterocycles. The number of ether oxygens (including phenoxy) is 1. The fourth-order valence-electron chi connectivity index (χ4n) is 1.43. The van der Waals surface area contributed by atoms with Crippen molar-refractivity contribution in [3.8, 4) is 0 Å². The largest absolute Gasteiger partial charge is 0.475 e. The molecule has 0 bridgehead atoms. The third kappa shape index (κ3) is 5.44. The van der Waals surface area contributed by atoms with Crippen molar-refractivity contribution in [3.05, 3.63) is 23.7 Å². The Kier molecular flexibility index (Phi) is 5.34. The van der Waals surface area contributed by atoms with Crippen molar-refractivity contribution in [3.63, 3.8) is 0 Å². The lowest BCUT2D eigenvalue weighted by atomic mass is 10.1. The highest BCUT2D eigenvalue weighted by Gasteiger charge is 2.24. The molecule has 0 aromatic carbocycles. The van der Waals surface area contributed by atoms with Crippen LogP contribution in [0.25, 0.3) is 0 Å². The number of hydrogen-bond donors (Lipinski definition) is 4. The number of carboxylic acid groups (broad SMARTS) is 1. The Hall–Kier alpha value is -2.06. The number of furan rings is 1. The Morgan fingerprint density at radius 3 is 2.43 bits per heavy atom. The zero-order valence-electron chi connectivity index (χ0n) is 12.0. The van der Waals surface area contributed by atoms with Crippen LogP contribution in [0.15, 0.2) is 16.5 Å². The van der Waals surface area contributed by atoms with Gasteiger partial charge in [0, 0.05) is 6.54 Å². The van der Waals surface area contributed by atoms with Gasteiger partial charge in [0.1, 0.15) is 23.6 Å². The maximum atomic E-state index is 11.4. The molecule has 1 rings (SSSR count). The molecule has 1 aromatic heterocycles. The molecule has 2 atom stereocenters. The first-order chi connectivity index (χ1) is 9.60. The molecule has 0 radical (unpaired) electrons. The van der Waals surface area contributed by atoms with E-state index in [1.807, 2.05) is 0 Å². The van der Waals surface area contributed by atoms with E-state index in [-0.39, 0.29) is 18.1 Å². The lowest BCUT2D eigenvalue weighted by molar-refractivity contribution is 0.00154. The van der Waals surface area contributed by atoms with Crippen LogP contribution in [-0.2, 0) is 4.74 Å². The zero-order valence-corrected chi connectivity index (χ0v) is 12.0. The predicted molar refractivity (Wildman–Crippen MR) is 70.9 cm³/mol. The second-order valence-electron chi connectivity index (χ2n) is 5.40. The van der Waals surface area contributed by atoms with Gasteiger partial charge in [-0.3, -0.25) is 0 Å². The van der Waals surface area contributed by atoms with Crippen molar-refractivity contribution in [2.45, 2.75) is 38.6 Å². The van der Waals surface area contributed by atoms with E-state index in [2.05, 4.69) is 5.32 Å². The summed E-state index contributed by atoms with van der Waals surface area (Å²) in [7, 11) is 0. The number of nitrogens with one attached hydrogen (secondary N) is 1. The first-order valence-electron chi connectivity index (χ1n) is 6.26. The van der Waals surface area contributed by atoms with Crippen LogP contribution in [-0.4, -0.2) is 45.6 Å². The van der Waals surface area contributed by atoms with Crippen molar-refractivity contribution < 1.29 is 34.1 Å². The Morgan fingerprint density at radius 2 is 1.95 bits per heavy atom. The lowest BCUT2D eigenvalue weighted by Gasteiger charge is -2.21. The van der Waals surface area contributed by atoms with Gasteiger partial charge in [-0.2, -0.15) is 0 Å². The van der Waals surface area contributed by atoms with E-state index < -0.39 is 29.9 Å². The van der Waals surface area contributed by atoms with E-state index in [1.165, 1.54) is 6.07 Å². The van der Waals surface area contributed by atoms with Gasteiger partial charge in [-0.25, -0.2) is 9.59 Å². The minimum absolute atomic E-state index is 0.106. The third-order valence-electron chi connectivity index (χ3n) is 2.35. The maximum Gasteiger partial charge on any atom is 0.407 e. The lowest BCUT2D eigenvalue weighted by Crippen LogP contribution is -2.38. The van der Waals surface area contributed by atoms with Gasteiger partial charge in [0.05, 0.1) is 0 Å². The molecule has 0 aliphatic rings. The van der Waals surface area contributed by atoms with Gasteiger partial charge in [-0.05, 0) is 32.9 Å². The maximum absolute atomic E-state index is 11.4.